The number of aliphatic hydroxyl groups is 5. The summed E-state index contributed by atoms with van der Waals surface area (Å²) in [7, 11) is 0. The van der Waals surface area contributed by atoms with Crippen LogP contribution in [-0.4, -0.2) is 72.8 Å². The summed E-state index contributed by atoms with van der Waals surface area (Å²) in [4.78, 5) is 34.3. The Labute approximate surface area is 269 Å². The Bertz CT molecular complexity index is 1140. The lowest BCUT2D eigenvalue weighted by Gasteiger charge is -2.51. The molecule has 0 heterocycles. The van der Waals surface area contributed by atoms with Crippen molar-refractivity contribution in [2.24, 2.45) is 29.1 Å². The van der Waals surface area contributed by atoms with Gasteiger partial charge in [-0.3, -0.25) is 14.4 Å². The second-order valence-electron chi connectivity index (χ2n) is 14.7. The van der Waals surface area contributed by atoms with Crippen LogP contribution in [-0.2, 0) is 19.1 Å². The summed E-state index contributed by atoms with van der Waals surface area (Å²) in [5.41, 5.74) is -4.57. The van der Waals surface area contributed by atoms with Gasteiger partial charge in [-0.15, -0.1) is 0 Å². The Morgan fingerprint density at radius 1 is 0.933 bits per heavy atom. The van der Waals surface area contributed by atoms with Gasteiger partial charge in [-0.2, -0.15) is 0 Å². The first-order valence-corrected chi connectivity index (χ1v) is 17.1. The number of carbonyl (C=O) groups excluding carboxylic acids is 3. The fourth-order valence-electron chi connectivity index (χ4n) is 8.59. The maximum atomic E-state index is 12.7. The maximum Gasteiger partial charge on any atom is 0.313 e. The van der Waals surface area contributed by atoms with Crippen molar-refractivity contribution in [1.82, 2.24) is 0 Å². The molecule has 9 heteroatoms. The number of aliphatic hydroxyl groups excluding tert-OH is 2. The molecule has 45 heavy (non-hydrogen) atoms. The van der Waals surface area contributed by atoms with E-state index in [1.54, 1.807) is 26.0 Å². The molecule has 0 amide bonds. The van der Waals surface area contributed by atoms with Crippen LogP contribution in [0.2, 0.25) is 0 Å². The number of ether oxygens (including phenoxy) is 1. The van der Waals surface area contributed by atoms with Crippen molar-refractivity contribution in [1.29, 1.82) is 0 Å². The molecule has 9 nitrogen and oxygen atoms in total. The number of fused-ring (bicyclic) bond motifs is 5. The van der Waals surface area contributed by atoms with Gasteiger partial charge in [0.25, 0.3) is 0 Å². The second-order valence-corrected chi connectivity index (χ2v) is 14.7. The zero-order valence-electron chi connectivity index (χ0n) is 28.3. The molecule has 0 bridgehead atoms. The molecule has 8 atom stereocenters. The van der Waals surface area contributed by atoms with Gasteiger partial charge < -0.3 is 30.3 Å². The van der Waals surface area contributed by atoms with Crippen LogP contribution in [0.5, 0.6) is 0 Å². The molecule has 4 rings (SSSR count). The summed E-state index contributed by atoms with van der Waals surface area (Å²) in [6.45, 7) is 10.1. The fraction of sp³-hybridized carbons (Fsp3) is 0.806. The predicted molar refractivity (Wildman–Crippen MR) is 171 cm³/mol. The van der Waals surface area contributed by atoms with Gasteiger partial charge in [-0.25, -0.2) is 0 Å². The molecule has 0 saturated heterocycles. The minimum Gasteiger partial charge on any atom is -0.393 e. The van der Waals surface area contributed by atoms with Crippen molar-refractivity contribution in [3.8, 4) is 0 Å². The highest BCUT2D eigenvalue weighted by atomic mass is 16.6. The SMILES string of the molecule is CC1=C[C@H]2[C@@]3(O)[C@H](C)[C@@H](O)[C@]4(O)[C@H]([C@@H]3C=C(CO)C[C@]2(O)C1=O)C4(C)C.CCCCCCCCCCCCCC(=O)OC(C)=O. The Balaban J connectivity index is 0.000000261. The van der Waals surface area contributed by atoms with Gasteiger partial charge in [0.15, 0.2) is 5.78 Å². The number of esters is 2. The molecule has 0 unspecified atom stereocenters. The van der Waals surface area contributed by atoms with Crippen molar-refractivity contribution in [3.63, 3.8) is 0 Å². The van der Waals surface area contributed by atoms with E-state index in [1.165, 1.54) is 64.7 Å². The number of Topliss-reactive ketones (excluding diaryl/α,β-unsaturated/α-hetero) is 1. The van der Waals surface area contributed by atoms with E-state index >= 15 is 0 Å². The molecule has 0 aromatic heterocycles. The standard InChI is InChI=1S/C20H28O6.C16H30O3/c1-9-5-13-18(24,15(9)22)7-11(8-21)6-12-14-17(3,4)20(14,26)16(23)10(2)19(12,13)25;1-3-4-5-6-7-8-9-10-11-12-13-14-16(18)19-15(2)17/h5-6,10,12-14,16,21,23-26H,7-8H2,1-4H3;3-14H2,1-2H3/t10-,12+,13-,14-,16-,18-,19-,20-;/m1./s1. The summed E-state index contributed by atoms with van der Waals surface area (Å²) >= 11 is 0. The van der Waals surface area contributed by atoms with E-state index in [9.17, 15) is 39.9 Å². The van der Waals surface area contributed by atoms with Gasteiger partial charge in [-0.05, 0) is 24.5 Å². The van der Waals surface area contributed by atoms with Crippen LogP contribution in [0.1, 0.15) is 125 Å². The molecule has 0 aromatic carbocycles. The van der Waals surface area contributed by atoms with Crippen LogP contribution in [0, 0.1) is 29.1 Å². The first-order valence-electron chi connectivity index (χ1n) is 17.1. The first-order chi connectivity index (χ1) is 21.0. The zero-order valence-corrected chi connectivity index (χ0v) is 28.3. The van der Waals surface area contributed by atoms with Crippen LogP contribution in [0.15, 0.2) is 23.3 Å². The Morgan fingerprint density at radius 3 is 1.98 bits per heavy atom. The minimum absolute atomic E-state index is 0.0615. The third-order valence-electron chi connectivity index (χ3n) is 11.3. The van der Waals surface area contributed by atoms with Gasteiger partial charge in [0.2, 0.25) is 0 Å². The van der Waals surface area contributed by atoms with Crippen molar-refractivity contribution in [3.05, 3.63) is 23.3 Å². The molecule has 0 aromatic rings. The van der Waals surface area contributed by atoms with E-state index in [1.807, 2.05) is 13.8 Å². The third kappa shape index (κ3) is 7.18. The van der Waals surface area contributed by atoms with Gasteiger partial charge in [0.1, 0.15) is 11.2 Å². The molecule has 256 valence electrons. The van der Waals surface area contributed by atoms with Crippen molar-refractivity contribution in [2.45, 2.75) is 148 Å². The van der Waals surface area contributed by atoms with E-state index in [2.05, 4.69) is 11.7 Å². The molecular weight excluding hydrogens is 576 g/mol. The van der Waals surface area contributed by atoms with Crippen molar-refractivity contribution in [2.75, 3.05) is 6.61 Å². The van der Waals surface area contributed by atoms with E-state index in [4.69, 9.17) is 0 Å². The summed E-state index contributed by atoms with van der Waals surface area (Å²) in [5.74, 6) is -4.03. The van der Waals surface area contributed by atoms with Crippen molar-refractivity contribution < 1.29 is 44.7 Å². The molecule has 0 radical (unpaired) electrons. The highest BCUT2D eigenvalue weighted by molar-refractivity contribution is 6.04. The van der Waals surface area contributed by atoms with Crippen LogP contribution in [0.25, 0.3) is 0 Å². The lowest BCUT2D eigenvalue weighted by atomic mass is 9.59. The Hall–Kier alpha value is -1.91. The average molecular weight is 635 g/mol. The maximum absolute atomic E-state index is 12.7. The third-order valence-corrected chi connectivity index (χ3v) is 11.3. The lowest BCUT2D eigenvalue weighted by Crippen LogP contribution is -2.65. The second kappa shape index (κ2) is 14.9. The highest BCUT2D eigenvalue weighted by Gasteiger charge is 2.84. The van der Waals surface area contributed by atoms with Gasteiger partial charge >= 0.3 is 11.9 Å². The molecule has 4 aliphatic rings. The molecule has 5 N–H and O–H groups in total. The highest BCUT2D eigenvalue weighted by Crippen LogP contribution is 2.74. The molecule has 0 spiro atoms. The molecule has 2 saturated carbocycles. The molecule has 0 aliphatic heterocycles. The fourth-order valence-corrected chi connectivity index (χ4v) is 8.59. The Morgan fingerprint density at radius 2 is 1.47 bits per heavy atom. The van der Waals surface area contributed by atoms with Crippen LogP contribution < -0.4 is 0 Å². The van der Waals surface area contributed by atoms with Crippen LogP contribution in [0.3, 0.4) is 0 Å². The van der Waals surface area contributed by atoms with Crippen molar-refractivity contribution >= 4 is 17.7 Å². The summed E-state index contributed by atoms with van der Waals surface area (Å²) < 4.78 is 4.46. The zero-order chi connectivity index (χ0) is 33.8. The van der Waals surface area contributed by atoms with Crippen LogP contribution in [0.4, 0.5) is 0 Å². The smallest absolute Gasteiger partial charge is 0.313 e. The summed E-state index contributed by atoms with van der Waals surface area (Å²) in [6.07, 6.45) is 16.3. The van der Waals surface area contributed by atoms with Crippen LogP contribution >= 0.6 is 0 Å². The minimum atomic E-state index is -1.84. The number of hydrogen-bond donors (Lipinski definition) is 5. The van der Waals surface area contributed by atoms with Gasteiger partial charge in [0.05, 0.1) is 18.3 Å². The first kappa shape index (κ1) is 37.5. The molecule has 2 fully saturated rings. The average Bonchev–Trinajstić information content (AvgIpc) is 3.38. The van der Waals surface area contributed by atoms with E-state index in [0.717, 1.165) is 12.8 Å². The Kier molecular flexibility index (Phi) is 12.4. The summed E-state index contributed by atoms with van der Waals surface area (Å²) in [6, 6.07) is 0. The quantitative estimate of drug-likeness (QED) is 0.0836. The normalized spacial score (nSPS) is 35.9. The predicted octanol–water partition coefficient (Wildman–Crippen LogP) is 4.71. The number of unbranched alkanes of at least 4 members (excludes halogenated alkanes) is 10. The van der Waals surface area contributed by atoms with Gasteiger partial charge in [0, 0.05) is 48.9 Å². The van der Waals surface area contributed by atoms with Gasteiger partial charge in [-0.1, -0.05) is 104 Å². The molecule has 4 aliphatic carbocycles. The number of ketones is 1. The van der Waals surface area contributed by atoms with E-state index in [0.29, 0.717) is 17.6 Å². The monoisotopic (exact) mass is 634 g/mol. The number of rotatable bonds is 13. The largest absolute Gasteiger partial charge is 0.393 e. The lowest BCUT2D eigenvalue weighted by molar-refractivity contribution is -0.209. The number of carbonyl (C=O) groups is 3. The van der Waals surface area contributed by atoms with E-state index in [-0.39, 0.29) is 19.0 Å². The topological polar surface area (TPSA) is 162 Å². The molecular formula is C36H58O9. The number of hydrogen-bond acceptors (Lipinski definition) is 9. The van der Waals surface area contributed by atoms with E-state index < -0.39 is 63.7 Å². The summed E-state index contributed by atoms with van der Waals surface area (Å²) in [5, 5.41) is 54.9.